The van der Waals surface area contributed by atoms with E-state index in [1.165, 1.54) is 10.8 Å². The van der Waals surface area contributed by atoms with Gasteiger partial charge in [0, 0.05) is 25.0 Å². The van der Waals surface area contributed by atoms with Gasteiger partial charge in [-0.3, -0.25) is 13.9 Å². The topological polar surface area (TPSA) is 104 Å². The van der Waals surface area contributed by atoms with Gasteiger partial charge in [0.25, 0.3) is 5.56 Å². The minimum Gasteiger partial charge on any atom is -0.393 e. The van der Waals surface area contributed by atoms with Gasteiger partial charge in [-0.15, -0.1) is 0 Å². The molecule has 0 aliphatic heterocycles. The third kappa shape index (κ3) is 3.69. The van der Waals surface area contributed by atoms with Gasteiger partial charge >= 0.3 is 5.69 Å². The van der Waals surface area contributed by atoms with E-state index < -0.39 is 21.1 Å². The molecule has 8 heteroatoms. The lowest BCUT2D eigenvalue weighted by molar-refractivity contribution is 0.566. The summed E-state index contributed by atoms with van der Waals surface area (Å²) < 4.78 is 25.4. The van der Waals surface area contributed by atoms with Gasteiger partial charge in [0.2, 0.25) is 0 Å². The summed E-state index contributed by atoms with van der Waals surface area (Å²) in [6.45, 7) is 3.70. The van der Waals surface area contributed by atoms with Crippen LogP contribution in [0.2, 0.25) is 0 Å². The molecule has 0 bridgehead atoms. The van der Waals surface area contributed by atoms with E-state index in [4.69, 9.17) is 5.73 Å². The lowest BCUT2D eigenvalue weighted by Gasteiger charge is -2.10. The zero-order valence-corrected chi connectivity index (χ0v) is 11.9. The molecule has 0 saturated heterocycles. The van der Waals surface area contributed by atoms with Crippen molar-refractivity contribution in [1.29, 1.82) is 0 Å². The monoisotopic (exact) mass is 289 g/mol. The maximum absolute atomic E-state index is 11.9. The van der Waals surface area contributed by atoms with Gasteiger partial charge in [-0.2, -0.15) is 0 Å². The second-order valence-corrected chi connectivity index (χ2v) is 6.57. The van der Waals surface area contributed by atoms with Crippen LogP contribution in [0.15, 0.2) is 15.8 Å². The summed E-state index contributed by atoms with van der Waals surface area (Å²) in [5.41, 5.74) is 4.29. The molecule has 2 N–H and O–H groups in total. The Morgan fingerprint density at radius 3 is 2.37 bits per heavy atom. The Morgan fingerprint density at radius 2 is 1.84 bits per heavy atom. The number of nitrogen functional groups attached to an aromatic ring is 1. The Bertz CT molecular complexity index is 657. The maximum Gasteiger partial charge on any atom is 0.331 e. The summed E-state index contributed by atoms with van der Waals surface area (Å²) in [5.74, 6) is -0.185. The van der Waals surface area contributed by atoms with Gasteiger partial charge in [-0.05, 0) is 13.3 Å². The molecule has 0 atom stereocenters. The Labute approximate surface area is 111 Å². The molecule has 0 aromatic carbocycles. The summed E-state index contributed by atoms with van der Waals surface area (Å²) in [4.78, 5) is 23.7. The Kier molecular flexibility index (Phi) is 4.93. The molecule has 1 aromatic heterocycles. The van der Waals surface area contributed by atoms with E-state index in [-0.39, 0.29) is 23.7 Å². The van der Waals surface area contributed by atoms with Gasteiger partial charge in [0.15, 0.2) is 9.84 Å². The molecular weight excluding hydrogens is 270 g/mol. The first-order valence-corrected chi connectivity index (χ1v) is 7.94. The van der Waals surface area contributed by atoms with Crippen molar-refractivity contribution >= 4 is 15.5 Å². The Morgan fingerprint density at radius 1 is 1.21 bits per heavy atom. The number of hydrogen-bond acceptors (Lipinski definition) is 5. The highest BCUT2D eigenvalue weighted by Crippen LogP contribution is 1.96. The molecule has 108 valence electrons. The van der Waals surface area contributed by atoms with Crippen molar-refractivity contribution in [3.05, 3.63) is 27.0 Å². The largest absolute Gasteiger partial charge is 0.393 e. The molecule has 0 unspecified atom stereocenters. The first-order valence-electron chi connectivity index (χ1n) is 6.12. The van der Waals surface area contributed by atoms with Crippen LogP contribution in [0, 0.1) is 0 Å². The molecule has 0 spiro atoms. The number of anilines is 1. The standard InChI is InChI=1S/C11H19N3O4S/c1-3-6-19(17,18)7-5-14-10(15)9(12)8-13(4-2)11(14)16/h8H,3-7,12H2,1-2H3. The van der Waals surface area contributed by atoms with Gasteiger partial charge in [0.1, 0.15) is 5.69 Å². The SMILES string of the molecule is CCCS(=O)(=O)CCn1c(=O)c(N)cn(CC)c1=O. The summed E-state index contributed by atoms with van der Waals surface area (Å²) in [5, 5.41) is 0. The Balaban J connectivity index is 3.12. The van der Waals surface area contributed by atoms with Gasteiger partial charge in [-0.25, -0.2) is 13.2 Å². The fourth-order valence-electron chi connectivity index (χ4n) is 1.74. The van der Waals surface area contributed by atoms with E-state index >= 15 is 0 Å². The zero-order valence-electron chi connectivity index (χ0n) is 11.1. The minimum absolute atomic E-state index is 0.0477. The van der Waals surface area contributed by atoms with Crippen molar-refractivity contribution in [1.82, 2.24) is 9.13 Å². The van der Waals surface area contributed by atoms with Crippen molar-refractivity contribution in [2.24, 2.45) is 0 Å². The molecule has 7 nitrogen and oxygen atoms in total. The summed E-state index contributed by atoms with van der Waals surface area (Å²) in [6, 6.07) is 0. The predicted molar refractivity (Wildman–Crippen MR) is 74.0 cm³/mol. The smallest absolute Gasteiger partial charge is 0.331 e. The van der Waals surface area contributed by atoms with E-state index in [9.17, 15) is 18.0 Å². The van der Waals surface area contributed by atoms with Crippen molar-refractivity contribution in [3.63, 3.8) is 0 Å². The quantitative estimate of drug-likeness (QED) is 0.755. The van der Waals surface area contributed by atoms with E-state index in [0.717, 1.165) is 4.57 Å². The molecule has 1 heterocycles. The van der Waals surface area contributed by atoms with E-state index in [0.29, 0.717) is 13.0 Å². The molecule has 19 heavy (non-hydrogen) atoms. The van der Waals surface area contributed by atoms with Crippen LogP contribution >= 0.6 is 0 Å². The van der Waals surface area contributed by atoms with Crippen LogP contribution in [0.4, 0.5) is 5.69 Å². The second-order valence-electron chi connectivity index (χ2n) is 4.26. The van der Waals surface area contributed by atoms with Crippen molar-refractivity contribution < 1.29 is 8.42 Å². The van der Waals surface area contributed by atoms with Crippen molar-refractivity contribution in [3.8, 4) is 0 Å². The number of nitrogens with two attached hydrogens (primary N) is 1. The average Bonchev–Trinajstić information content (AvgIpc) is 2.33. The third-order valence-electron chi connectivity index (χ3n) is 2.75. The predicted octanol–water partition coefficient (Wildman–Crippen LogP) is -0.563. The number of nitrogens with zero attached hydrogens (tertiary/aromatic N) is 2. The fourth-order valence-corrected chi connectivity index (χ4v) is 3.03. The summed E-state index contributed by atoms with van der Waals surface area (Å²) in [7, 11) is -3.24. The Hall–Kier alpha value is -1.57. The summed E-state index contributed by atoms with van der Waals surface area (Å²) >= 11 is 0. The lowest BCUT2D eigenvalue weighted by atomic mass is 10.5. The van der Waals surface area contributed by atoms with Crippen LogP contribution in [0.1, 0.15) is 20.3 Å². The minimum atomic E-state index is -3.24. The zero-order chi connectivity index (χ0) is 14.6. The van der Waals surface area contributed by atoms with Crippen LogP contribution in [-0.4, -0.2) is 29.1 Å². The first-order chi connectivity index (χ1) is 8.82. The normalized spacial score (nSPS) is 11.7. The van der Waals surface area contributed by atoms with E-state index in [1.54, 1.807) is 13.8 Å². The number of aryl methyl sites for hydroxylation is 1. The molecule has 0 radical (unpaired) electrons. The molecule has 0 fully saturated rings. The highest BCUT2D eigenvalue weighted by atomic mass is 32.2. The number of hydrogen-bond donors (Lipinski definition) is 1. The van der Waals surface area contributed by atoms with Crippen LogP contribution in [0.25, 0.3) is 0 Å². The van der Waals surface area contributed by atoms with Crippen LogP contribution in [-0.2, 0) is 22.9 Å². The second kappa shape index (κ2) is 6.05. The van der Waals surface area contributed by atoms with E-state index in [2.05, 4.69) is 0 Å². The number of aromatic nitrogens is 2. The third-order valence-corrected chi connectivity index (χ3v) is 4.58. The van der Waals surface area contributed by atoms with Crippen LogP contribution in [0.3, 0.4) is 0 Å². The maximum atomic E-state index is 11.9. The summed E-state index contributed by atoms with van der Waals surface area (Å²) in [6.07, 6.45) is 1.79. The molecule has 1 rings (SSSR count). The molecule has 0 amide bonds. The molecule has 1 aromatic rings. The first kappa shape index (κ1) is 15.5. The van der Waals surface area contributed by atoms with E-state index in [1.807, 2.05) is 0 Å². The van der Waals surface area contributed by atoms with Crippen molar-refractivity contribution in [2.45, 2.75) is 33.4 Å². The van der Waals surface area contributed by atoms with Crippen LogP contribution in [0.5, 0.6) is 0 Å². The van der Waals surface area contributed by atoms with Gasteiger partial charge in [-0.1, -0.05) is 6.92 Å². The molecular formula is C11H19N3O4S. The molecule has 0 aliphatic rings. The van der Waals surface area contributed by atoms with Gasteiger partial charge < -0.3 is 5.73 Å². The average molecular weight is 289 g/mol. The van der Waals surface area contributed by atoms with Crippen molar-refractivity contribution in [2.75, 3.05) is 17.2 Å². The number of rotatable bonds is 6. The highest BCUT2D eigenvalue weighted by molar-refractivity contribution is 7.91. The highest BCUT2D eigenvalue weighted by Gasteiger charge is 2.13. The van der Waals surface area contributed by atoms with Crippen LogP contribution < -0.4 is 17.0 Å². The lowest BCUT2D eigenvalue weighted by Crippen LogP contribution is -2.41. The number of sulfone groups is 1. The fraction of sp³-hybridized carbons (Fsp3) is 0.636. The van der Waals surface area contributed by atoms with Gasteiger partial charge in [0.05, 0.1) is 5.75 Å². The molecule has 0 saturated carbocycles. The molecule has 0 aliphatic carbocycles.